The average Bonchev–Trinajstić information content (AvgIpc) is 2.36. The van der Waals surface area contributed by atoms with Crippen LogP contribution in [-0.4, -0.2) is 81.9 Å². The maximum atomic E-state index is 10.6. The molecule has 0 spiro atoms. The molecule has 0 aromatic rings. The van der Waals surface area contributed by atoms with E-state index in [0.29, 0.717) is 13.1 Å². The molecule has 0 aromatic carbocycles. The maximum absolute atomic E-state index is 10.6. The SMILES string of the molecule is C[N+](C)(C)CCCN(CCCNC(N)=O)CCCNC(N)=O. The number of primary amides is 2. The number of rotatable bonds is 12. The predicted octanol–water partition coefficient (Wildman–Crippen LogP) is -0.498. The molecule has 0 aromatic heterocycles. The summed E-state index contributed by atoms with van der Waals surface area (Å²) in [5, 5.41) is 5.20. The van der Waals surface area contributed by atoms with E-state index in [1.807, 2.05) is 0 Å². The summed E-state index contributed by atoms with van der Waals surface area (Å²) in [5.74, 6) is 0. The molecule has 130 valence electrons. The fourth-order valence-corrected chi connectivity index (χ4v) is 2.13. The van der Waals surface area contributed by atoms with E-state index >= 15 is 0 Å². The molecule has 0 rings (SSSR count). The van der Waals surface area contributed by atoms with Gasteiger partial charge < -0.3 is 31.5 Å². The predicted molar refractivity (Wildman–Crippen MR) is 88.4 cm³/mol. The molecule has 8 nitrogen and oxygen atoms in total. The van der Waals surface area contributed by atoms with Crippen molar-refractivity contribution in [2.75, 3.05) is 60.4 Å². The first-order chi connectivity index (χ1) is 10.2. The molecule has 6 N–H and O–H groups in total. The van der Waals surface area contributed by atoms with Crippen LogP contribution in [-0.2, 0) is 0 Å². The third-order valence-electron chi connectivity index (χ3n) is 3.20. The monoisotopic (exact) mass is 317 g/mol. The zero-order valence-electron chi connectivity index (χ0n) is 14.2. The smallest absolute Gasteiger partial charge is 0.312 e. The standard InChI is InChI=1S/C14H32N6O2/c1-20(2,3)12-6-11-19(9-4-7-17-13(15)21)10-5-8-18-14(16)22/h4-12H2,1-3H3,(H5-,15,16,17,18,21,22)/p+1. The number of carbonyl (C=O) groups excluding carboxylic acids is 2. The van der Waals surface area contributed by atoms with Crippen molar-refractivity contribution in [1.29, 1.82) is 0 Å². The molecule has 0 radical (unpaired) electrons. The second-order valence-corrected chi connectivity index (χ2v) is 6.50. The number of urea groups is 2. The Morgan fingerprint density at radius 2 is 1.27 bits per heavy atom. The molecular formula is C14H33N6O2+. The fourth-order valence-electron chi connectivity index (χ4n) is 2.13. The molecule has 0 bridgehead atoms. The first-order valence-electron chi connectivity index (χ1n) is 7.80. The lowest BCUT2D eigenvalue weighted by Crippen LogP contribution is -2.39. The highest BCUT2D eigenvalue weighted by atomic mass is 16.2. The van der Waals surface area contributed by atoms with Crippen molar-refractivity contribution in [3.8, 4) is 0 Å². The molecule has 0 unspecified atom stereocenters. The van der Waals surface area contributed by atoms with Gasteiger partial charge in [-0.2, -0.15) is 0 Å². The molecule has 0 atom stereocenters. The summed E-state index contributed by atoms with van der Waals surface area (Å²) in [4.78, 5) is 23.6. The molecule has 0 fully saturated rings. The summed E-state index contributed by atoms with van der Waals surface area (Å²) >= 11 is 0. The summed E-state index contributed by atoms with van der Waals surface area (Å²) in [5.41, 5.74) is 10.1. The second kappa shape index (κ2) is 11.1. The van der Waals surface area contributed by atoms with Gasteiger partial charge >= 0.3 is 12.1 Å². The van der Waals surface area contributed by atoms with E-state index in [4.69, 9.17) is 11.5 Å². The summed E-state index contributed by atoms with van der Waals surface area (Å²) in [6.45, 7) is 5.07. The Morgan fingerprint density at radius 1 is 0.864 bits per heavy atom. The quantitative estimate of drug-likeness (QED) is 0.287. The van der Waals surface area contributed by atoms with Crippen molar-refractivity contribution >= 4 is 12.1 Å². The van der Waals surface area contributed by atoms with E-state index in [9.17, 15) is 9.59 Å². The maximum Gasteiger partial charge on any atom is 0.312 e. The highest BCUT2D eigenvalue weighted by Crippen LogP contribution is 2.00. The van der Waals surface area contributed by atoms with Crippen molar-refractivity contribution in [1.82, 2.24) is 15.5 Å². The molecule has 4 amide bonds. The van der Waals surface area contributed by atoms with Crippen LogP contribution in [0.4, 0.5) is 9.59 Å². The Labute approximate surface area is 133 Å². The zero-order valence-corrected chi connectivity index (χ0v) is 14.2. The van der Waals surface area contributed by atoms with Crippen molar-refractivity contribution in [3.63, 3.8) is 0 Å². The third-order valence-corrected chi connectivity index (χ3v) is 3.20. The van der Waals surface area contributed by atoms with Gasteiger partial charge in [-0.3, -0.25) is 0 Å². The van der Waals surface area contributed by atoms with Crippen LogP contribution in [0.2, 0.25) is 0 Å². The minimum absolute atomic E-state index is 0.484. The van der Waals surface area contributed by atoms with Crippen LogP contribution in [0.5, 0.6) is 0 Å². The van der Waals surface area contributed by atoms with E-state index in [0.717, 1.165) is 49.9 Å². The molecule has 0 heterocycles. The number of nitrogens with zero attached hydrogens (tertiary/aromatic N) is 2. The largest absolute Gasteiger partial charge is 0.352 e. The average molecular weight is 317 g/mol. The normalized spacial score (nSPS) is 11.5. The Bertz CT molecular complexity index is 308. The summed E-state index contributed by atoms with van der Waals surface area (Å²) in [6, 6.07) is -0.968. The van der Waals surface area contributed by atoms with Gasteiger partial charge in [-0.15, -0.1) is 0 Å². The van der Waals surface area contributed by atoms with Crippen LogP contribution in [0.3, 0.4) is 0 Å². The van der Waals surface area contributed by atoms with Crippen LogP contribution >= 0.6 is 0 Å². The lowest BCUT2D eigenvalue weighted by atomic mass is 10.2. The molecule has 0 saturated carbocycles. The summed E-state index contributed by atoms with van der Waals surface area (Å²) in [6.07, 6.45) is 2.82. The van der Waals surface area contributed by atoms with Crippen LogP contribution in [0.1, 0.15) is 19.3 Å². The number of nitrogens with two attached hydrogens (primary N) is 2. The summed E-state index contributed by atoms with van der Waals surface area (Å²) in [7, 11) is 6.54. The lowest BCUT2D eigenvalue weighted by Gasteiger charge is -2.27. The van der Waals surface area contributed by atoms with Gasteiger partial charge in [0, 0.05) is 26.1 Å². The highest BCUT2D eigenvalue weighted by molar-refractivity contribution is 5.71. The molecular weight excluding hydrogens is 284 g/mol. The number of quaternary nitrogens is 1. The Morgan fingerprint density at radius 3 is 1.64 bits per heavy atom. The highest BCUT2D eigenvalue weighted by Gasteiger charge is 2.10. The van der Waals surface area contributed by atoms with Crippen molar-refractivity contribution in [2.45, 2.75) is 19.3 Å². The van der Waals surface area contributed by atoms with E-state index in [1.54, 1.807) is 0 Å². The molecule has 22 heavy (non-hydrogen) atoms. The van der Waals surface area contributed by atoms with Gasteiger partial charge in [-0.1, -0.05) is 0 Å². The molecule has 0 saturated heterocycles. The van der Waals surface area contributed by atoms with Crippen LogP contribution in [0, 0.1) is 0 Å². The second-order valence-electron chi connectivity index (χ2n) is 6.50. The Kier molecular flexibility index (Phi) is 10.3. The molecule has 8 heteroatoms. The molecule has 0 aliphatic heterocycles. The summed E-state index contributed by atoms with van der Waals surface area (Å²) < 4.78 is 0.945. The van der Waals surface area contributed by atoms with E-state index in [1.165, 1.54) is 0 Å². The first-order valence-corrected chi connectivity index (χ1v) is 7.80. The van der Waals surface area contributed by atoms with Crippen LogP contribution < -0.4 is 22.1 Å². The minimum atomic E-state index is -0.484. The first kappa shape index (κ1) is 20.5. The van der Waals surface area contributed by atoms with Crippen molar-refractivity contribution in [3.05, 3.63) is 0 Å². The van der Waals surface area contributed by atoms with Gasteiger partial charge in [0.1, 0.15) is 0 Å². The fraction of sp³-hybridized carbons (Fsp3) is 0.857. The molecule has 0 aliphatic carbocycles. The number of amides is 4. The third kappa shape index (κ3) is 14.9. The van der Waals surface area contributed by atoms with Crippen molar-refractivity contribution < 1.29 is 14.1 Å². The van der Waals surface area contributed by atoms with Gasteiger partial charge in [0.15, 0.2) is 0 Å². The lowest BCUT2D eigenvalue weighted by molar-refractivity contribution is -0.870. The van der Waals surface area contributed by atoms with Crippen molar-refractivity contribution in [2.24, 2.45) is 11.5 Å². The molecule has 0 aliphatic rings. The zero-order chi connectivity index (χ0) is 17.0. The van der Waals surface area contributed by atoms with Gasteiger partial charge in [-0.25, -0.2) is 9.59 Å². The topological polar surface area (TPSA) is 113 Å². The van der Waals surface area contributed by atoms with E-state index < -0.39 is 12.1 Å². The number of hydrogen-bond acceptors (Lipinski definition) is 3. The van der Waals surface area contributed by atoms with Gasteiger partial charge in [0.05, 0.1) is 27.7 Å². The van der Waals surface area contributed by atoms with E-state index in [2.05, 4.69) is 36.7 Å². The van der Waals surface area contributed by atoms with Crippen LogP contribution in [0.25, 0.3) is 0 Å². The number of nitrogens with one attached hydrogen (secondary N) is 2. The van der Waals surface area contributed by atoms with Gasteiger partial charge in [0.25, 0.3) is 0 Å². The van der Waals surface area contributed by atoms with E-state index in [-0.39, 0.29) is 0 Å². The number of hydrogen-bond donors (Lipinski definition) is 4. The van der Waals surface area contributed by atoms with Gasteiger partial charge in [0.2, 0.25) is 0 Å². The minimum Gasteiger partial charge on any atom is -0.352 e. The number of carbonyl (C=O) groups is 2. The Balaban J connectivity index is 4.01. The Hall–Kier alpha value is -1.54. The van der Waals surface area contributed by atoms with Crippen LogP contribution in [0.15, 0.2) is 0 Å². The van der Waals surface area contributed by atoms with Gasteiger partial charge in [-0.05, 0) is 25.9 Å².